The zero-order chi connectivity index (χ0) is 21.0. The molecular formula is C22H28N4O3. The predicted molar refractivity (Wildman–Crippen MR) is 116 cm³/mol. The molecule has 1 heterocycles. The first-order valence-electron chi connectivity index (χ1n) is 9.93. The van der Waals surface area contributed by atoms with Crippen LogP contribution < -0.4 is 10.2 Å². The summed E-state index contributed by atoms with van der Waals surface area (Å²) in [5, 5.41) is 13.7. The lowest BCUT2D eigenvalue weighted by Crippen LogP contribution is -2.47. The van der Waals surface area contributed by atoms with E-state index in [-0.39, 0.29) is 11.6 Å². The van der Waals surface area contributed by atoms with Crippen molar-refractivity contribution in [3.63, 3.8) is 0 Å². The number of piperazine rings is 1. The summed E-state index contributed by atoms with van der Waals surface area (Å²) in [6.07, 6.45) is 0.367. The van der Waals surface area contributed by atoms with E-state index in [0.29, 0.717) is 18.7 Å². The number of nitro benzene ring substituents is 1. The SMILES string of the molecule is Cc1ccc([N+](=O)[O-])cc1NC(=O)CCN1CCN(c2cccc(C)c2C)CC1. The van der Waals surface area contributed by atoms with E-state index in [1.165, 1.54) is 28.9 Å². The van der Waals surface area contributed by atoms with Crippen molar-refractivity contribution in [2.24, 2.45) is 0 Å². The molecule has 1 saturated heterocycles. The summed E-state index contributed by atoms with van der Waals surface area (Å²) in [6.45, 7) is 10.5. The molecular weight excluding hydrogens is 368 g/mol. The van der Waals surface area contributed by atoms with Gasteiger partial charge in [-0.1, -0.05) is 18.2 Å². The zero-order valence-electron chi connectivity index (χ0n) is 17.3. The van der Waals surface area contributed by atoms with Crippen LogP contribution >= 0.6 is 0 Å². The van der Waals surface area contributed by atoms with Gasteiger partial charge in [0.2, 0.25) is 5.91 Å². The van der Waals surface area contributed by atoms with Gasteiger partial charge in [-0.25, -0.2) is 0 Å². The Morgan fingerprint density at radius 3 is 2.48 bits per heavy atom. The van der Waals surface area contributed by atoms with E-state index in [1.807, 2.05) is 6.92 Å². The minimum Gasteiger partial charge on any atom is -0.369 e. The molecule has 29 heavy (non-hydrogen) atoms. The van der Waals surface area contributed by atoms with Gasteiger partial charge in [0.1, 0.15) is 0 Å². The number of hydrogen-bond donors (Lipinski definition) is 1. The van der Waals surface area contributed by atoms with Crippen molar-refractivity contribution in [1.29, 1.82) is 0 Å². The number of nitro groups is 1. The van der Waals surface area contributed by atoms with Crippen molar-refractivity contribution in [3.05, 3.63) is 63.2 Å². The number of aryl methyl sites for hydroxylation is 2. The lowest BCUT2D eigenvalue weighted by atomic mass is 10.1. The number of benzene rings is 2. The van der Waals surface area contributed by atoms with Crippen LogP contribution in [0.15, 0.2) is 36.4 Å². The average molecular weight is 396 g/mol. The molecule has 1 aliphatic rings. The molecule has 7 nitrogen and oxygen atoms in total. The normalized spacial score (nSPS) is 14.7. The van der Waals surface area contributed by atoms with Crippen molar-refractivity contribution in [1.82, 2.24) is 4.90 Å². The monoisotopic (exact) mass is 396 g/mol. The van der Waals surface area contributed by atoms with Gasteiger partial charge in [0, 0.05) is 57.0 Å². The van der Waals surface area contributed by atoms with Gasteiger partial charge in [0.15, 0.2) is 0 Å². The molecule has 1 aliphatic heterocycles. The van der Waals surface area contributed by atoms with Gasteiger partial charge in [-0.3, -0.25) is 19.8 Å². The van der Waals surface area contributed by atoms with Gasteiger partial charge in [-0.05, 0) is 43.5 Å². The summed E-state index contributed by atoms with van der Waals surface area (Å²) in [4.78, 5) is 27.5. The maximum Gasteiger partial charge on any atom is 0.271 e. The molecule has 0 aromatic heterocycles. The third-order valence-electron chi connectivity index (χ3n) is 5.65. The smallest absolute Gasteiger partial charge is 0.271 e. The second-order valence-electron chi connectivity index (χ2n) is 7.60. The fourth-order valence-electron chi connectivity index (χ4n) is 3.62. The van der Waals surface area contributed by atoms with Crippen LogP contribution in [-0.4, -0.2) is 48.5 Å². The number of hydrogen-bond acceptors (Lipinski definition) is 5. The highest BCUT2D eigenvalue weighted by Crippen LogP contribution is 2.24. The Bertz CT molecular complexity index is 905. The molecule has 2 aromatic rings. The van der Waals surface area contributed by atoms with Gasteiger partial charge < -0.3 is 10.2 Å². The molecule has 0 radical (unpaired) electrons. The van der Waals surface area contributed by atoms with Crippen LogP contribution in [0.2, 0.25) is 0 Å². The van der Waals surface area contributed by atoms with Crippen molar-refractivity contribution >= 4 is 23.0 Å². The first-order valence-corrected chi connectivity index (χ1v) is 9.93. The van der Waals surface area contributed by atoms with Crippen molar-refractivity contribution in [3.8, 4) is 0 Å². The Morgan fingerprint density at radius 1 is 1.07 bits per heavy atom. The highest BCUT2D eigenvalue weighted by atomic mass is 16.6. The lowest BCUT2D eigenvalue weighted by molar-refractivity contribution is -0.384. The summed E-state index contributed by atoms with van der Waals surface area (Å²) >= 11 is 0. The van der Waals surface area contributed by atoms with Crippen LogP contribution in [-0.2, 0) is 4.79 Å². The number of non-ortho nitro benzene ring substituents is 1. The Labute approximate surface area is 171 Å². The van der Waals surface area contributed by atoms with Gasteiger partial charge in [-0.15, -0.1) is 0 Å². The number of amides is 1. The number of carbonyl (C=O) groups is 1. The molecule has 1 amide bonds. The molecule has 7 heteroatoms. The number of nitrogens with one attached hydrogen (secondary N) is 1. The van der Waals surface area contributed by atoms with E-state index in [1.54, 1.807) is 6.07 Å². The molecule has 0 saturated carbocycles. The third kappa shape index (κ3) is 5.12. The average Bonchev–Trinajstić information content (AvgIpc) is 2.70. The van der Waals surface area contributed by atoms with Crippen LogP contribution in [0.3, 0.4) is 0 Å². The Balaban J connectivity index is 1.49. The topological polar surface area (TPSA) is 78.7 Å². The quantitative estimate of drug-likeness (QED) is 0.595. The zero-order valence-corrected chi connectivity index (χ0v) is 17.3. The number of anilines is 2. The molecule has 0 bridgehead atoms. The first-order chi connectivity index (χ1) is 13.8. The Morgan fingerprint density at radius 2 is 1.79 bits per heavy atom. The molecule has 0 spiro atoms. The van der Waals surface area contributed by atoms with E-state index >= 15 is 0 Å². The van der Waals surface area contributed by atoms with Crippen molar-refractivity contribution in [2.75, 3.05) is 42.9 Å². The molecule has 0 aliphatic carbocycles. The van der Waals surface area contributed by atoms with Crippen LogP contribution in [0.4, 0.5) is 17.1 Å². The minimum absolute atomic E-state index is 0.0199. The van der Waals surface area contributed by atoms with Crippen LogP contribution in [0, 0.1) is 30.9 Å². The standard InChI is InChI=1S/C22H28N4O3/c1-16-5-4-6-21(18(16)3)25-13-11-24(12-14-25)10-9-22(27)23-20-15-19(26(28)29)8-7-17(20)2/h4-8,15H,9-14H2,1-3H3,(H,23,27). The first kappa shape index (κ1) is 20.8. The minimum atomic E-state index is -0.454. The van der Waals surface area contributed by atoms with Gasteiger partial charge in [-0.2, -0.15) is 0 Å². The Kier molecular flexibility index (Phi) is 6.49. The fraction of sp³-hybridized carbons (Fsp3) is 0.409. The highest BCUT2D eigenvalue weighted by molar-refractivity contribution is 5.92. The van der Waals surface area contributed by atoms with E-state index in [9.17, 15) is 14.9 Å². The van der Waals surface area contributed by atoms with Crippen LogP contribution in [0.25, 0.3) is 0 Å². The van der Waals surface area contributed by atoms with Crippen LogP contribution in [0.5, 0.6) is 0 Å². The second kappa shape index (κ2) is 9.05. The number of nitrogens with zero attached hydrogens (tertiary/aromatic N) is 3. The van der Waals surface area contributed by atoms with Gasteiger partial charge >= 0.3 is 0 Å². The van der Waals surface area contributed by atoms with E-state index in [2.05, 4.69) is 47.2 Å². The fourth-order valence-corrected chi connectivity index (χ4v) is 3.62. The van der Waals surface area contributed by atoms with E-state index in [0.717, 1.165) is 31.7 Å². The number of rotatable bonds is 6. The molecule has 0 atom stereocenters. The third-order valence-corrected chi connectivity index (χ3v) is 5.65. The van der Waals surface area contributed by atoms with Gasteiger partial charge in [0.05, 0.1) is 10.6 Å². The predicted octanol–water partition coefficient (Wildman–Crippen LogP) is 3.67. The maximum absolute atomic E-state index is 12.3. The van der Waals surface area contributed by atoms with Crippen LogP contribution in [0.1, 0.15) is 23.1 Å². The summed E-state index contributed by atoms with van der Waals surface area (Å²) in [5.74, 6) is -0.120. The largest absolute Gasteiger partial charge is 0.369 e. The summed E-state index contributed by atoms with van der Waals surface area (Å²) in [5.41, 5.74) is 5.22. The van der Waals surface area contributed by atoms with E-state index in [4.69, 9.17) is 0 Å². The summed E-state index contributed by atoms with van der Waals surface area (Å²) in [6, 6.07) is 10.9. The summed E-state index contributed by atoms with van der Waals surface area (Å²) in [7, 11) is 0. The van der Waals surface area contributed by atoms with E-state index < -0.39 is 4.92 Å². The molecule has 1 fully saturated rings. The molecule has 154 valence electrons. The van der Waals surface area contributed by atoms with Crippen molar-refractivity contribution in [2.45, 2.75) is 27.2 Å². The molecule has 0 unspecified atom stereocenters. The van der Waals surface area contributed by atoms with Crippen molar-refractivity contribution < 1.29 is 9.72 Å². The lowest BCUT2D eigenvalue weighted by Gasteiger charge is -2.37. The number of carbonyl (C=O) groups excluding carboxylic acids is 1. The molecule has 1 N–H and O–H groups in total. The Hall–Kier alpha value is -2.93. The summed E-state index contributed by atoms with van der Waals surface area (Å²) < 4.78 is 0. The maximum atomic E-state index is 12.3. The molecule has 3 rings (SSSR count). The second-order valence-corrected chi connectivity index (χ2v) is 7.60. The molecule has 2 aromatic carbocycles. The highest BCUT2D eigenvalue weighted by Gasteiger charge is 2.19. The van der Waals surface area contributed by atoms with Gasteiger partial charge in [0.25, 0.3) is 5.69 Å².